The molecule has 0 unspecified atom stereocenters. The lowest BCUT2D eigenvalue weighted by atomic mass is 10.2. The highest BCUT2D eigenvalue weighted by Gasteiger charge is 2.34. The summed E-state index contributed by atoms with van der Waals surface area (Å²) in [6.45, 7) is 0. The molecule has 166 valence electrons. The van der Waals surface area contributed by atoms with E-state index in [2.05, 4.69) is 20.9 Å². The average molecular weight is 481 g/mol. The van der Waals surface area contributed by atoms with Crippen molar-refractivity contribution in [2.24, 2.45) is 0 Å². The fourth-order valence-electron chi connectivity index (χ4n) is 2.59. The lowest BCUT2D eigenvalue weighted by Crippen LogP contribution is -2.19. The Morgan fingerprint density at radius 2 is 1.75 bits per heavy atom. The standard InChI is InChI=1S/C21H16F4N4OS2/c1-26-19(30)12-5-8-18(27-11-12)32-15-4-2-3-13(9-15)28-20(31)29-14-6-7-17(22)16(10-14)21(23,24)25/h2-11H,1H3,(H,26,30)(H2,28,29,31). The minimum Gasteiger partial charge on any atom is -0.355 e. The predicted molar refractivity (Wildman–Crippen MR) is 119 cm³/mol. The highest BCUT2D eigenvalue weighted by atomic mass is 32.2. The van der Waals surface area contributed by atoms with E-state index in [9.17, 15) is 22.4 Å². The van der Waals surface area contributed by atoms with E-state index >= 15 is 0 Å². The van der Waals surface area contributed by atoms with Gasteiger partial charge in [-0.1, -0.05) is 17.8 Å². The van der Waals surface area contributed by atoms with Gasteiger partial charge in [-0.2, -0.15) is 13.2 Å². The van der Waals surface area contributed by atoms with Gasteiger partial charge in [-0.05, 0) is 60.7 Å². The summed E-state index contributed by atoms with van der Waals surface area (Å²) in [4.78, 5) is 16.7. The minimum atomic E-state index is -4.81. The number of hydrogen-bond acceptors (Lipinski definition) is 4. The van der Waals surface area contributed by atoms with Crippen LogP contribution >= 0.6 is 24.0 Å². The normalized spacial score (nSPS) is 11.0. The number of carbonyl (C=O) groups is 1. The number of anilines is 2. The number of halogens is 4. The van der Waals surface area contributed by atoms with Crippen molar-refractivity contribution in [3.63, 3.8) is 0 Å². The third-order valence-corrected chi connectivity index (χ3v) is 5.21. The molecule has 1 aromatic heterocycles. The van der Waals surface area contributed by atoms with Gasteiger partial charge in [0.25, 0.3) is 5.91 Å². The fraction of sp³-hybridized carbons (Fsp3) is 0.0952. The number of aromatic nitrogens is 1. The minimum absolute atomic E-state index is 0.00200. The van der Waals surface area contributed by atoms with Crippen molar-refractivity contribution in [3.8, 4) is 0 Å². The van der Waals surface area contributed by atoms with E-state index in [1.165, 1.54) is 31.1 Å². The number of benzene rings is 2. The summed E-state index contributed by atoms with van der Waals surface area (Å²) in [6, 6.07) is 13.0. The summed E-state index contributed by atoms with van der Waals surface area (Å²) >= 11 is 6.51. The van der Waals surface area contributed by atoms with Crippen molar-refractivity contribution >= 4 is 46.4 Å². The van der Waals surface area contributed by atoms with Crippen molar-refractivity contribution in [2.45, 2.75) is 16.1 Å². The summed E-state index contributed by atoms with van der Waals surface area (Å²) in [6.07, 6.45) is -3.34. The van der Waals surface area contributed by atoms with Crippen molar-refractivity contribution < 1.29 is 22.4 Å². The average Bonchev–Trinajstić information content (AvgIpc) is 2.74. The molecule has 0 bridgehead atoms. The van der Waals surface area contributed by atoms with Crippen LogP contribution in [0.15, 0.2) is 70.7 Å². The molecule has 11 heteroatoms. The van der Waals surface area contributed by atoms with Crippen LogP contribution in [-0.2, 0) is 6.18 Å². The van der Waals surface area contributed by atoms with E-state index in [0.717, 1.165) is 11.0 Å². The first kappa shape index (κ1) is 23.5. The van der Waals surface area contributed by atoms with Gasteiger partial charge < -0.3 is 16.0 Å². The van der Waals surface area contributed by atoms with Crippen molar-refractivity contribution in [2.75, 3.05) is 17.7 Å². The molecule has 0 atom stereocenters. The Balaban J connectivity index is 1.66. The number of amides is 1. The van der Waals surface area contributed by atoms with E-state index in [4.69, 9.17) is 12.2 Å². The molecule has 0 spiro atoms. The number of nitrogens with zero attached hydrogens (tertiary/aromatic N) is 1. The summed E-state index contributed by atoms with van der Waals surface area (Å²) in [5.74, 6) is -1.59. The summed E-state index contributed by atoms with van der Waals surface area (Å²) in [7, 11) is 1.54. The van der Waals surface area contributed by atoms with Crippen LogP contribution in [0.5, 0.6) is 0 Å². The molecule has 0 aliphatic rings. The molecule has 0 radical (unpaired) electrons. The second-order valence-electron chi connectivity index (χ2n) is 6.37. The molecule has 0 fully saturated rings. The smallest absolute Gasteiger partial charge is 0.355 e. The quantitative estimate of drug-likeness (QED) is 0.328. The van der Waals surface area contributed by atoms with Gasteiger partial charge in [-0.25, -0.2) is 9.37 Å². The zero-order chi connectivity index (χ0) is 23.3. The molecule has 3 aromatic rings. The number of nitrogens with one attached hydrogen (secondary N) is 3. The van der Waals surface area contributed by atoms with Gasteiger partial charge in [0.2, 0.25) is 0 Å². The predicted octanol–water partition coefficient (Wildman–Crippen LogP) is 5.56. The van der Waals surface area contributed by atoms with E-state index in [1.54, 1.807) is 30.3 Å². The van der Waals surface area contributed by atoms with Gasteiger partial charge in [0.05, 0.1) is 11.1 Å². The number of rotatable bonds is 5. The van der Waals surface area contributed by atoms with Crippen LogP contribution in [0.3, 0.4) is 0 Å². The molecule has 1 heterocycles. The molecule has 32 heavy (non-hydrogen) atoms. The van der Waals surface area contributed by atoms with Gasteiger partial charge >= 0.3 is 6.18 Å². The molecule has 0 saturated carbocycles. The molecular weight excluding hydrogens is 464 g/mol. The van der Waals surface area contributed by atoms with Crippen LogP contribution in [0, 0.1) is 5.82 Å². The van der Waals surface area contributed by atoms with E-state index in [-0.39, 0.29) is 16.7 Å². The maximum Gasteiger partial charge on any atom is 0.419 e. The Labute approximate surface area is 190 Å². The van der Waals surface area contributed by atoms with E-state index in [1.807, 2.05) is 6.07 Å². The van der Waals surface area contributed by atoms with Gasteiger partial charge in [0.1, 0.15) is 10.8 Å². The van der Waals surface area contributed by atoms with Gasteiger partial charge in [-0.3, -0.25) is 4.79 Å². The monoisotopic (exact) mass is 480 g/mol. The van der Waals surface area contributed by atoms with Gasteiger partial charge in [-0.15, -0.1) is 0 Å². The molecule has 0 saturated heterocycles. The lowest BCUT2D eigenvalue weighted by molar-refractivity contribution is -0.139. The van der Waals surface area contributed by atoms with Crippen LogP contribution < -0.4 is 16.0 Å². The topological polar surface area (TPSA) is 66.1 Å². The van der Waals surface area contributed by atoms with Crippen LogP contribution in [-0.4, -0.2) is 23.1 Å². The number of alkyl halides is 3. The lowest BCUT2D eigenvalue weighted by Gasteiger charge is -2.14. The molecule has 5 nitrogen and oxygen atoms in total. The number of pyridine rings is 1. The fourth-order valence-corrected chi connectivity index (χ4v) is 3.64. The second-order valence-corrected chi connectivity index (χ2v) is 7.87. The van der Waals surface area contributed by atoms with E-state index in [0.29, 0.717) is 22.3 Å². The Morgan fingerprint density at radius 3 is 2.38 bits per heavy atom. The summed E-state index contributed by atoms with van der Waals surface area (Å²) in [5.41, 5.74) is -0.341. The highest BCUT2D eigenvalue weighted by molar-refractivity contribution is 7.99. The summed E-state index contributed by atoms with van der Waals surface area (Å²) < 4.78 is 52.0. The van der Waals surface area contributed by atoms with Crippen LogP contribution in [0.2, 0.25) is 0 Å². The Bertz CT molecular complexity index is 1140. The van der Waals surface area contributed by atoms with Crippen molar-refractivity contribution in [1.82, 2.24) is 10.3 Å². The SMILES string of the molecule is CNC(=O)c1ccc(Sc2cccc(NC(=S)Nc3ccc(F)c(C(F)(F)F)c3)c2)nc1. The third kappa shape index (κ3) is 6.17. The molecule has 0 aliphatic heterocycles. The first-order chi connectivity index (χ1) is 15.2. The van der Waals surface area contributed by atoms with Crippen LogP contribution in [0.25, 0.3) is 0 Å². The molecule has 3 rings (SSSR count). The first-order valence-corrected chi connectivity index (χ1v) is 10.3. The van der Waals surface area contributed by atoms with Crippen molar-refractivity contribution in [1.29, 1.82) is 0 Å². The first-order valence-electron chi connectivity index (χ1n) is 9.06. The Hall–Kier alpha value is -3.18. The largest absolute Gasteiger partial charge is 0.419 e. The number of hydrogen-bond donors (Lipinski definition) is 3. The second kappa shape index (κ2) is 9.96. The molecule has 3 N–H and O–H groups in total. The molecular formula is C21H16F4N4OS2. The zero-order valence-electron chi connectivity index (χ0n) is 16.5. The van der Waals surface area contributed by atoms with Gasteiger partial charge in [0, 0.05) is 29.5 Å². The maximum absolute atomic E-state index is 13.4. The highest BCUT2D eigenvalue weighted by Crippen LogP contribution is 2.33. The van der Waals surface area contributed by atoms with Crippen LogP contribution in [0.4, 0.5) is 28.9 Å². The Kier molecular flexibility index (Phi) is 7.31. The third-order valence-electron chi connectivity index (χ3n) is 4.07. The molecule has 0 aliphatic carbocycles. The van der Waals surface area contributed by atoms with Crippen molar-refractivity contribution in [3.05, 3.63) is 77.7 Å². The number of carbonyl (C=O) groups excluding carboxylic acids is 1. The molecule has 2 aromatic carbocycles. The Morgan fingerprint density at radius 1 is 1.03 bits per heavy atom. The van der Waals surface area contributed by atoms with Gasteiger partial charge in [0.15, 0.2) is 5.11 Å². The van der Waals surface area contributed by atoms with Crippen LogP contribution in [0.1, 0.15) is 15.9 Å². The molecule has 1 amide bonds. The van der Waals surface area contributed by atoms with E-state index < -0.39 is 17.6 Å². The summed E-state index contributed by atoms with van der Waals surface area (Å²) in [5, 5.41) is 8.73. The maximum atomic E-state index is 13.4. The number of thiocarbonyl (C=S) groups is 1. The zero-order valence-corrected chi connectivity index (χ0v) is 18.1.